The van der Waals surface area contributed by atoms with Crippen LogP contribution in [0.4, 0.5) is 5.69 Å². The lowest BCUT2D eigenvalue weighted by molar-refractivity contribution is -0.122. The van der Waals surface area contributed by atoms with Gasteiger partial charge in [-0.3, -0.25) is 9.10 Å². The third-order valence-corrected chi connectivity index (χ3v) is 6.08. The van der Waals surface area contributed by atoms with E-state index in [2.05, 4.69) is 15.5 Å². The molecule has 8 nitrogen and oxygen atoms in total. The Balaban J connectivity index is 1.71. The van der Waals surface area contributed by atoms with Crippen LogP contribution in [0.2, 0.25) is 0 Å². The normalized spacial score (nSPS) is 12.5. The van der Waals surface area contributed by atoms with Crippen LogP contribution in [0, 0.1) is 6.92 Å². The Labute approximate surface area is 167 Å². The zero-order chi connectivity index (χ0) is 20.3. The molecule has 0 aliphatic carbocycles. The third kappa shape index (κ3) is 4.57. The monoisotopic (exact) mass is 420 g/mol. The summed E-state index contributed by atoms with van der Waals surface area (Å²) in [5.74, 6) is 0.220. The molecule has 3 aromatic rings. The highest BCUT2D eigenvalue weighted by Crippen LogP contribution is 2.23. The molecule has 1 atom stereocenters. The molecule has 10 heteroatoms. The predicted octanol–water partition coefficient (Wildman–Crippen LogP) is 2.58. The molecule has 0 saturated carbocycles. The number of rotatable bonds is 7. The number of thiophene rings is 1. The zero-order valence-electron chi connectivity index (χ0n) is 15.6. The molecule has 28 heavy (non-hydrogen) atoms. The molecule has 0 spiro atoms. The number of aryl methyl sites for hydroxylation is 1. The van der Waals surface area contributed by atoms with Gasteiger partial charge in [0.1, 0.15) is 6.04 Å². The van der Waals surface area contributed by atoms with Crippen molar-refractivity contribution < 1.29 is 17.7 Å². The lowest BCUT2D eigenvalue weighted by atomic mass is 10.2. The fourth-order valence-corrected chi connectivity index (χ4v) is 4.53. The highest BCUT2D eigenvalue weighted by molar-refractivity contribution is 7.92. The molecule has 0 fully saturated rings. The number of hydrogen-bond acceptors (Lipinski definition) is 7. The minimum absolute atomic E-state index is 0.00691. The van der Waals surface area contributed by atoms with Gasteiger partial charge in [-0.05, 0) is 43.0 Å². The van der Waals surface area contributed by atoms with Crippen molar-refractivity contribution in [1.82, 2.24) is 15.5 Å². The summed E-state index contributed by atoms with van der Waals surface area (Å²) in [6.07, 6.45) is 1.07. The molecular formula is C18H20N4O4S2. The van der Waals surface area contributed by atoms with Gasteiger partial charge in [0, 0.05) is 0 Å². The van der Waals surface area contributed by atoms with Gasteiger partial charge in [0.05, 0.1) is 23.4 Å². The molecule has 0 radical (unpaired) electrons. The van der Waals surface area contributed by atoms with Gasteiger partial charge >= 0.3 is 0 Å². The first-order valence-corrected chi connectivity index (χ1v) is 11.2. The first-order valence-electron chi connectivity index (χ1n) is 8.46. The fourth-order valence-electron chi connectivity index (χ4n) is 2.72. The van der Waals surface area contributed by atoms with E-state index < -0.39 is 22.0 Å². The number of hydrogen-bond donors (Lipinski definition) is 1. The molecule has 0 aliphatic heterocycles. The van der Waals surface area contributed by atoms with Crippen molar-refractivity contribution in [2.45, 2.75) is 26.4 Å². The zero-order valence-corrected chi connectivity index (χ0v) is 17.3. The molecule has 1 amide bonds. The van der Waals surface area contributed by atoms with Crippen LogP contribution in [0.15, 0.2) is 46.3 Å². The van der Waals surface area contributed by atoms with Gasteiger partial charge in [-0.1, -0.05) is 23.4 Å². The van der Waals surface area contributed by atoms with E-state index in [1.165, 1.54) is 18.3 Å². The number of benzene rings is 1. The maximum Gasteiger partial charge on any atom is 0.246 e. The van der Waals surface area contributed by atoms with Crippen molar-refractivity contribution in [1.29, 1.82) is 0 Å². The summed E-state index contributed by atoms with van der Waals surface area (Å²) in [5.41, 5.74) is 1.33. The lowest BCUT2D eigenvalue weighted by Gasteiger charge is -2.28. The van der Waals surface area contributed by atoms with Gasteiger partial charge in [-0.25, -0.2) is 8.42 Å². The average molecular weight is 421 g/mol. The first-order chi connectivity index (χ1) is 13.3. The summed E-state index contributed by atoms with van der Waals surface area (Å²) in [7, 11) is -3.66. The molecule has 3 rings (SSSR count). The molecular weight excluding hydrogens is 400 g/mol. The third-order valence-electron chi connectivity index (χ3n) is 3.97. The Morgan fingerprint density at radius 1 is 1.32 bits per heavy atom. The number of anilines is 1. The van der Waals surface area contributed by atoms with E-state index in [9.17, 15) is 13.2 Å². The number of carbonyl (C=O) groups excluding carboxylic acids is 1. The van der Waals surface area contributed by atoms with Gasteiger partial charge < -0.3 is 9.84 Å². The van der Waals surface area contributed by atoms with Crippen molar-refractivity contribution in [3.8, 4) is 10.7 Å². The Hall–Kier alpha value is -2.72. The maximum atomic E-state index is 12.6. The summed E-state index contributed by atoms with van der Waals surface area (Å²) in [6, 6.07) is 9.78. The highest BCUT2D eigenvalue weighted by atomic mass is 32.2. The fraction of sp³-hybridized carbons (Fsp3) is 0.278. The number of nitrogens with zero attached hydrogens (tertiary/aromatic N) is 3. The van der Waals surface area contributed by atoms with Crippen molar-refractivity contribution >= 4 is 33.0 Å². The van der Waals surface area contributed by atoms with Crippen LogP contribution in [-0.4, -0.2) is 36.8 Å². The van der Waals surface area contributed by atoms with Gasteiger partial charge in [0.25, 0.3) is 0 Å². The smallest absolute Gasteiger partial charge is 0.246 e. The number of sulfonamides is 1. The van der Waals surface area contributed by atoms with Crippen LogP contribution < -0.4 is 9.62 Å². The summed E-state index contributed by atoms with van der Waals surface area (Å²) in [6.45, 7) is 3.39. The van der Waals surface area contributed by atoms with Crippen LogP contribution in [0.1, 0.15) is 18.4 Å². The van der Waals surface area contributed by atoms with Crippen molar-refractivity contribution in [3.63, 3.8) is 0 Å². The molecule has 0 bridgehead atoms. The van der Waals surface area contributed by atoms with E-state index in [4.69, 9.17) is 4.52 Å². The van der Waals surface area contributed by atoms with E-state index in [0.29, 0.717) is 11.5 Å². The Bertz CT molecular complexity index is 1060. The Morgan fingerprint density at radius 3 is 2.75 bits per heavy atom. The van der Waals surface area contributed by atoms with Gasteiger partial charge in [0.15, 0.2) is 0 Å². The quantitative estimate of drug-likeness (QED) is 0.630. The summed E-state index contributed by atoms with van der Waals surface area (Å²) in [5, 5.41) is 8.44. The molecule has 0 unspecified atom stereocenters. The average Bonchev–Trinajstić information content (AvgIpc) is 3.30. The van der Waals surface area contributed by atoms with Crippen molar-refractivity contribution in [2.24, 2.45) is 0 Å². The summed E-state index contributed by atoms with van der Waals surface area (Å²) in [4.78, 5) is 17.7. The topological polar surface area (TPSA) is 105 Å². The van der Waals surface area contributed by atoms with E-state index >= 15 is 0 Å². The number of carbonyl (C=O) groups is 1. The van der Waals surface area contributed by atoms with E-state index in [1.807, 2.05) is 30.5 Å². The van der Waals surface area contributed by atoms with Crippen LogP contribution in [0.3, 0.4) is 0 Å². The molecule has 1 N–H and O–H groups in total. The molecule has 0 saturated heterocycles. The molecule has 2 aromatic heterocycles. The second kappa shape index (κ2) is 8.11. The highest BCUT2D eigenvalue weighted by Gasteiger charge is 2.29. The first kappa shape index (κ1) is 20.0. The standard InChI is InChI=1S/C18H20N4O4S2/c1-12-6-4-7-14(10-12)22(28(3,24)25)13(2)18(23)19-11-16-20-17(21-26-16)15-8-5-9-27-15/h4-10,13H,11H2,1-3H3,(H,19,23)/t13-/m0/s1. The lowest BCUT2D eigenvalue weighted by Crippen LogP contribution is -2.47. The molecule has 2 heterocycles. The second-order valence-electron chi connectivity index (χ2n) is 6.28. The minimum Gasteiger partial charge on any atom is -0.345 e. The number of amides is 1. The van der Waals surface area contributed by atoms with Crippen molar-refractivity contribution in [2.75, 3.05) is 10.6 Å². The largest absolute Gasteiger partial charge is 0.345 e. The Kier molecular flexibility index (Phi) is 5.80. The second-order valence-corrected chi connectivity index (χ2v) is 9.09. The van der Waals surface area contributed by atoms with Crippen LogP contribution in [-0.2, 0) is 21.4 Å². The minimum atomic E-state index is -3.66. The predicted molar refractivity (Wildman–Crippen MR) is 107 cm³/mol. The van der Waals surface area contributed by atoms with E-state index in [-0.39, 0.29) is 12.4 Å². The number of nitrogens with one attached hydrogen (secondary N) is 1. The summed E-state index contributed by atoms with van der Waals surface area (Å²) >= 11 is 1.48. The van der Waals surface area contributed by atoms with E-state index in [1.54, 1.807) is 18.2 Å². The molecule has 1 aromatic carbocycles. The Morgan fingerprint density at radius 2 is 2.11 bits per heavy atom. The number of aromatic nitrogens is 2. The van der Waals surface area contributed by atoms with Gasteiger partial charge in [-0.15, -0.1) is 11.3 Å². The van der Waals surface area contributed by atoms with Crippen molar-refractivity contribution in [3.05, 3.63) is 53.2 Å². The maximum absolute atomic E-state index is 12.6. The van der Waals surface area contributed by atoms with Crippen LogP contribution in [0.25, 0.3) is 10.7 Å². The SMILES string of the molecule is Cc1cccc(N([C@@H](C)C(=O)NCc2nc(-c3cccs3)no2)S(C)(=O)=O)c1. The van der Waals surface area contributed by atoms with Gasteiger partial charge in [0.2, 0.25) is 27.6 Å². The van der Waals surface area contributed by atoms with Gasteiger partial charge in [-0.2, -0.15) is 4.98 Å². The molecule has 0 aliphatic rings. The molecule has 148 valence electrons. The van der Waals surface area contributed by atoms with Crippen LogP contribution >= 0.6 is 11.3 Å². The summed E-state index contributed by atoms with van der Waals surface area (Å²) < 4.78 is 30.9. The van der Waals surface area contributed by atoms with E-state index in [0.717, 1.165) is 21.0 Å². The van der Waals surface area contributed by atoms with Crippen LogP contribution in [0.5, 0.6) is 0 Å².